The zero-order valence-electron chi connectivity index (χ0n) is 14.0. The lowest BCUT2D eigenvalue weighted by atomic mass is 10.1. The lowest BCUT2D eigenvalue weighted by Gasteiger charge is -2.17. The predicted octanol–water partition coefficient (Wildman–Crippen LogP) is -1.47. The van der Waals surface area contributed by atoms with Gasteiger partial charge in [-0.15, -0.1) is 5.10 Å². The Balaban J connectivity index is 2.58. The van der Waals surface area contributed by atoms with Crippen molar-refractivity contribution in [2.45, 2.75) is 58.3 Å². The summed E-state index contributed by atoms with van der Waals surface area (Å²) in [6, 6.07) is -0.718. The molecule has 0 aliphatic heterocycles. The maximum absolute atomic E-state index is 11.4. The maximum atomic E-state index is 11.4. The van der Waals surface area contributed by atoms with Gasteiger partial charge in [-0.2, -0.15) is 0 Å². The van der Waals surface area contributed by atoms with Gasteiger partial charge in [0.1, 0.15) is 0 Å². The number of nitrogens with one attached hydrogen (secondary N) is 2. The van der Waals surface area contributed by atoms with Gasteiger partial charge in [0.2, 0.25) is 11.8 Å². The van der Waals surface area contributed by atoms with Gasteiger partial charge >= 0.3 is 0 Å². The molecular weight excluding hydrogens is 298 g/mol. The molecule has 0 aliphatic carbocycles. The fourth-order valence-electron chi connectivity index (χ4n) is 2.24. The molecule has 2 amide bonds. The second-order valence-corrected chi connectivity index (χ2v) is 5.75. The maximum Gasteiger partial charge on any atom is 0.234 e. The summed E-state index contributed by atoms with van der Waals surface area (Å²) >= 11 is 0. The number of amides is 2. The van der Waals surface area contributed by atoms with Gasteiger partial charge in [0.05, 0.1) is 17.8 Å². The first-order valence-corrected chi connectivity index (χ1v) is 7.80. The highest BCUT2D eigenvalue weighted by Crippen LogP contribution is 2.02. The van der Waals surface area contributed by atoms with Crippen LogP contribution in [0.4, 0.5) is 0 Å². The van der Waals surface area contributed by atoms with Gasteiger partial charge in [-0.1, -0.05) is 26.0 Å². The van der Waals surface area contributed by atoms with Crippen molar-refractivity contribution in [3.63, 3.8) is 0 Å². The Labute approximate surface area is 136 Å². The highest BCUT2D eigenvalue weighted by Gasteiger charge is 2.18. The average molecular weight is 325 g/mol. The standard InChI is InChI=1S/C14H27N7O2/c1-4-17-12(14(16)23)7-10-8-21(20-19-10)6-5-11(13(15)22)18-9(2)3/h8-9,11-12,17-18H,4-7H2,1-3H3,(H2,15,22)(H2,16,23). The molecule has 0 saturated carbocycles. The van der Waals surface area contributed by atoms with Crippen LogP contribution in [0.5, 0.6) is 0 Å². The number of primary amides is 2. The van der Waals surface area contributed by atoms with E-state index in [-0.39, 0.29) is 11.9 Å². The van der Waals surface area contributed by atoms with Crippen LogP contribution in [0, 0.1) is 0 Å². The van der Waals surface area contributed by atoms with E-state index in [0.29, 0.717) is 31.6 Å². The number of carbonyl (C=O) groups excluding carboxylic acids is 2. The van der Waals surface area contributed by atoms with Crippen LogP contribution in [-0.2, 0) is 22.6 Å². The largest absolute Gasteiger partial charge is 0.368 e. The summed E-state index contributed by atoms with van der Waals surface area (Å²) in [5.41, 5.74) is 11.4. The summed E-state index contributed by atoms with van der Waals surface area (Å²) in [4.78, 5) is 22.7. The Hall–Kier alpha value is -2.00. The topological polar surface area (TPSA) is 141 Å². The van der Waals surface area contributed by atoms with Crippen LogP contribution in [0.15, 0.2) is 6.20 Å². The van der Waals surface area contributed by atoms with E-state index in [1.54, 1.807) is 10.9 Å². The fraction of sp³-hybridized carbons (Fsp3) is 0.714. The molecule has 1 aromatic rings. The Morgan fingerprint density at radius 3 is 2.43 bits per heavy atom. The minimum atomic E-state index is -0.467. The highest BCUT2D eigenvalue weighted by atomic mass is 16.1. The number of likely N-dealkylation sites (N-methyl/N-ethyl adjacent to an activating group) is 1. The minimum absolute atomic E-state index is 0.162. The second-order valence-electron chi connectivity index (χ2n) is 5.75. The van der Waals surface area contributed by atoms with Gasteiger partial charge in [0, 0.05) is 25.2 Å². The van der Waals surface area contributed by atoms with Gasteiger partial charge in [-0.25, -0.2) is 0 Å². The average Bonchev–Trinajstić information content (AvgIpc) is 2.89. The monoisotopic (exact) mass is 325 g/mol. The Bertz CT molecular complexity index is 515. The quantitative estimate of drug-likeness (QED) is 0.391. The third kappa shape index (κ3) is 6.74. The molecule has 6 N–H and O–H groups in total. The molecule has 9 heteroatoms. The van der Waals surface area contributed by atoms with Gasteiger partial charge in [0.15, 0.2) is 0 Å². The third-order valence-electron chi connectivity index (χ3n) is 3.32. The van der Waals surface area contributed by atoms with Crippen molar-refractivity contribution in [1.29, 1.82) is 0 Å². The Kier molecular flexibility index (Phi) is 7.63. The SMILES string of the molecule is CCNC(Cc1cn(CCC(NC(C)C)C(N)=O)nn1)C(N)=O. The van der Waals surface area contributed by atoms with E-state index in [2.05, 4.69) is 20.9 Å². The number of nitrogens with zero attached hydrogens (tertiary/aromatic N) is 3. The van der Waals surface area contributed by atoms with Crippen molar-refractivity contribution in [1.82, 2.24) is 25.6 Å². The molecule has 1 heterocycles. The number of nitrogens with two attached hydrogens (primary N) is 2. The molecule has 23 heavy (non-hydrogen) atoms. The summed E-state index contributed by atoms with van der Waals surface area (Å²) in [5, 5.41) is 14.2. The van der Waals surface area contributed by atoms with Crippen molar-refractivity contribution in [3.8, 4) is 0 Å². The summed E-state index contributed by atoms with van der Waals surface area (Å²) in [6.07, 6.45) is 2.65. The molecule has 9 nitrogen and oxygen atoms in total. The molecule has 1 rings (SSSR count). The Morgan fingerprint density at radius 1 is 1.26 bits per heavy atom. The third-order valence-corrected chi connectivity index (χ3v) is 3.32. The summed E-state index contributed by atoms with van der Waals surface area (Å²) < 4.78 is 1.64. The van der Waals surface area contributed by atoms with Crippen LogP contribution in [-0.4, -0.2) is 51.5 Å². The summed E-state index contributed by atoms with van der Waals surface area (Å²) in [5.74, 6) is -0.809. The van der Waals surface area contributed by atoms with Crippen molar-refractivity contribution in [3.05, 3.63) is 11.9 Å². The normalized spacial score (nSPS) is 13.9. The number of hydrogen-bond donors (Lipinski definition) is 4. The van der Waals surface area contributed by atoms with E-state index in [1.165, 1.54) is 0 Å². The van der Waals surface area contributed by atoms with E-state index in [4.69, 9.17) is 11.5 Å². The molecule has 0 spiro atoms. The van der Waals surface area contributed by atoms with Crippen LogP contribution in [0.3, 0.4) is 0 Å². The lowest BCUT2D eigenvalue weighted by molar-refractivity contribution is -0.121. The number of aryl methyl sites for hydroxylation is 1. The molecule has 0 bridgehead atoms. The molecule has 130 valence electrons. The highest BCUT2D eigenvalue weighted by molar-refractivity contribution is 5.80. The van der Waals surface area contributed by atoms with Crippen LogP contribution in [0.1, 0.15) is 32.9 Å². The number of carbonyl (C=O) groups is 2. The van der Waals surface area contributed by atoms with E-state index in [1.807, 2.05) is 20.8 Å². The Morgan fingerprint density at radius 2 is 1.91 bits per heavy atom. The molecular formula is C14H27N7O2. The van der Waals surface area contributed by atoms with Gasteiger partial charge in [0.25, 0.3) is 0 Å². The summed E-state index contributed by atoms with van der Waals surface area (Å²) in [6.45, 7) is 6.95. The van der Waals surface area contributed by atoms with E-state index in [9.17, 15) is 9.59 Å². The number of aromatic nitrogens is 3. The zero-order valence-corrected chi connectivity index (χ0v) is 14.0. The van der Waals surface area contributed by atoms with Crippen LogP contribution in [0.2, 0.25) is 0 Å². The molecule has 0 radical (unpaired) electrons. The van der Waals surface area contributed by atoms with Gasteiger partial charge in [-0.3, -0.25) is 14.3 Å². The molecule has 2 atom stereocenters. The van der Waals surface area contributed by atoms with E-state index >= 15 is 0 Å². The zero-order chi connectivity index (χ0) is 17.4. The fourth-order valence-corrected chi connectivity index (χ4v) is 2.24. The number of rotatable bonds is 11. The van der Waals surface area contributed by atoms with E-state index < -0.39 is 18.0 Å². The van der Waals surface area contributed by atoms with E-state index in [0.717, 1.165) is 0 Å². The van der Waals surface area contributed by atoms with Crippen molar-refractivity contribution in [2.75, 3.05) is 6.54 Å². The van der Waals surface area contributed by atoms with Crippen LogP contribution in [0.25, 0.3) is 0 Å². The summed E-state index contributed by atoms with van der Waals surface area (Å²) in [7, 11) is 0. The molecule has 0 aromatic carbocycles. The van der Waals surface area contributed by atoms with Gasteiger partial charge < -0.3 is 22.1 Å². The van der Waals surface area contributed by atoms with Crippen LogP contribution >= 0.6 is 0 Å². The van der Waals surface area contributed by atoms with Crippen molar-refractivity contribution in [2.24, 2.45) is 11.5 Å². The second kappa shape index (κ2) is 9.21. The van der Waals surface area contributed by atoms with Crippen molar-refractivity contribution >= 4 is 11.8 Å². The molecule has 2 unspecified atom stereocenters. The molecule has 0 saturated heterocycles. The smallest absolute Gasteiger partial charge is 0.234 e. The predicted molar refractivity (Wildman–Crippen MR) is 86.3 cm³/mol. The minimum Gasteiger partial charge on any atom is -0.368 e. The molecule has 0 aliphatic rings. The van der Waals surface area contributed by atoms with Crippen molar-refractivity contribution < 1.29 is 9.59 Å². The number of hydrogen-bond acceptors (Lipinski definition) is 6. The van der Waals surface area contributed by atoms with Crippen LogP contribution < -0.4 is 22.1 Å². The lowest BCUT2D eigenvalue weighted by Crippen LogP contribution is -2.45. The first-order valence-electron chi connectivity index (χ1n) is 7.80. The molecule has 0 fully saturated rings. The van der Waals surface area contributed by atoms with Gasteiger partial charge in [-0.05, 0) is 13.0 Å². The first kappa shape index (κ1) is 19.0. The molecule has 1 aromatic heterocycles. The first-order chi connectivity index (χ1) is 10.8.